The number of ether oxygens (including phenoxy) is 1. The van der Waals surface area contributed by atoms with Crippen LogP contribution in [-0.2, 0) is 6.42 Å². The first-order valence-electron chi connectivity index (χ1n) is 6.24. The zero-order valence-corrected chi connectivity index (χ0v) is 11.9. The Bertz CT molecular complexity index is 568. The lowest BCUT2D eigenvalue weighted by Crippen LogP contribution is -2.14. The lowest BCUT2D eigenvalue weighted by molar-refractivity contribution is 0.414. The van der Waals surface area contributed by atoms with E-state index >= 15 is 0 Å². The Morgan fingerprint density at radius 1 is 1.21 bits per heavy atom. The highest BCUT2D eigenvalue weighted by Crippen LogP contribution is 2.24. The molecule has 0 aliphatic heterocycles. The first kappa shape index (κ1) is 13.9. The Kier molecular flexibility index (Phi) is 4.46. The highest BCUT2D eigenvalue weighted by atomic mass is 35.5. The molecule has 0 spiro atoms. The number of hydrogen-bond acceptors (Lipinski definition) is 2. The maximum Gasteiger partial charge on any atom is 0.119 e. The number of benzene rings is 2. The molecule has 2 rings (SSSR count). The normalized spacial score (nSPS) is 12.2. The van der Waals surface area contributed by atoms with E-state index in [0.717, 1.165) is 28.3 Å². The number of aryl methyl sites for hydroxylation is 1. The van der Waals surface area contributed by atoms with Crippen LogP contribution in [0, 0.1) is 6.92 Å². The molecule has 0 aromatic heterocycles. The largest absolute Gasteiger partial charge is 0.497 e. The summed E-state index contributed by atoms with van der Waals surface area (Å²) in [7, 11) is 1.67. The maximum atomic E-state index is 6.29. The predicted octanol–water partition coefficient (Wildman–Crippen LogP) is 3.90. The molecular weight excluding hydrogens is 258 g/mol. The molecule has 0 bridgehead atoms. The second-order valence-electron chi connectivity index (χ2n) is 4.66. The van der Waals surface area contributed by atoms with E-state index in [2.05, 4.69) is 13.0 Å². The van der Waals surface area contributed by atoms with Crippen LogP contribution >= 0.6 is 11.6 Å². The van der Waals surface area contributed by atoms with Crippen molar-refractivity contribution >= 4 is 11.6 Å². The summed E-state index contributed by atoms with van der Waals surface area (Å²) < 4.78 is 5.22. The van der Waals surface area contributed by atoms with Crippen molar-refractivity contribution in [3.05, 3.63) is 64.2 Å². The fourth-order valence-electron chi connectivity index (χ4n) is 2.17. The first-order chi connectivity index (χ1) is 9.10. The van der Waals surface area contributed by atoms with E-state index in [1.807, 2.05) is 36.4 Å². The molecular formula is C16H18ClNO. The summed E-state index contributed by atoms with van der Waals surface area (Å²) in [6.07, 6.45) is 0.762. The van der Waals surface area contributed by atoms with E-state index in [1.54, 1.807) is 7.11 Å². The Hall–Kier alpha value is -1.51. The summed E-state index contributed by atoms with van der Waals surface area (Å²) in [6.45, 7) is 2.05. The van der Waals surface area contributed by atoms with E-state index in [0.29, 0.717) is 0 Å². The van der Waals surface area contributed by atoms with E-state index < -0.39 is 0 Å². The van der Waals surface area contributed by atoms with Crippen molar-refractivity contribution in [3.63, 3.8) is 0 Å². The molecule has 0 radical (unpaired) electrons. The number of methoxy groups -OCH3 is 1. The van der Waals surface area contributed by atoms with Gasteiger partial charge in [0.2, 0.25) is 0 Å². The van der Waals surface area contributed by atoms with Gasteiger partial charge in [-0.05, 0) is 54.3 Å². The summed E-state index contributed by atoms with van der Waals surface area (Å²) >= 11 is 6.04. The van der Waals surface area contributed by atoms with Crippen molar-refractivity contribution in [1.29, 1.82) is 0 Å². The van der Waals surface area contributed by atoms with Crippen LogP contribution < -0.4 is 10.5 Å². The van der Waals surface area contributed by atoms with Crippen LogP contribution in [0.3, 0.4) is 0 Å². The van der Waals surface area contributed by atoms with Gasteiger partial charge >= 0.3 is 0 Å². The number of halogens is 1. The highest BCUT2D eigenvalue weighted by molar-refractivity contribution is 6.30. The molecule has 0 aliphatic carbocycles. The molecule has 2 aromatic carbocycles. The van der Waals surface area contributed by atoms with E-state index in [9.17, 15) is 0 Å². The van der Waals surface area contributed by atoms with Gasteiger partial charge < -0.3 is 10.5 Å². The fourth-order valence-corrected chi connectivity index (χ4v) is 2.35. The summed E-state index contributed by atoms with van der Waals surface area (Å²) in [4.78, 5) is 0. The standard InChI is InChI=1S/C16H18ClNO/c1-11-6-7-13(17)10-15(11)16(18)9-12-4-3-5-14(8-12)19-2/h3-8,10,16H,9,18H2,1-2H3. The minimum atomic E-state index is -0.0641. The van der Waals surface area contributed by atoms with Gasteiger partial charge in [0.1, 0.15) is 5.75 Å². The van der Waals surface area contributed by atoms with Crippen LogP contribution in [-0.4, -0.2) is 7.11 Å². The van der Waals surface area contributed by atoms with Gasteiger partial charge in [0.15, 0.2) is 0 Å². The van der Waals surface area contributed by atoms with Gasteiger partial charge in [-0.15, -0.1) is 0 Å². The molecule has 0 fully saturated rings. The monoisotopic (exact) mass is 275 g/mol. The summed E-state index contributed by atoms with van der Waals surface area (Å²) in [5.41, 5.74) is 9.71. The summed E-state index contributed by atoms with van der Waals surface area (Å²) in [5.74, 6) is 0.854. The SMILES string of the molecule is COc1cccc(CC(N)c2cc(Cl)ccc2C)c1. The van der Waals surface area contributed by atoms with Gasteiger partial charge in [0.25, 0.3) is 0 Å². The van der Waals surface area contributed by atoms with Crippen molar-refractivity contribution in [1.82, 2.24) is 0 Å². The highest BCUT2D eigenvalue weighted by Gasteiger charge is 2.11. The molecule has 2 N–H and O–H groups in total. The average Bonchev–Trinajstić information content (AvgIpc) is 2.41. The molecule has 0 aliphatic rings. The Labute approximate surface area is 119 Å². The second kappa shape index (κ2) is 6.09. The lowest BCUT2D eigenvalue weighted by Gasteiger charge is -2.15. The minimum Gasteiger partial charge on any atom is -0.497 e. The molecule has 1 unspecified atom stereocenters. The third-order valence-electron chi connectivity index (χ3n) is 3.23. The van der Waals surface area contributed by atoms with E-state index in [-0.39, 0.29) is 6.04 Å². The van der Waals surface area contributed by atoms with Crippen LogP contribution in [0.15, 0.2) is 42.5 Å². The molecule has 3 heteroatoms. The molecule has 100 valence electrons. The van der Waals surface area contributed by atoms with Crippen LogP contribution in [0.25, 0.3) is 0 Å². The molecule has 0 amide bonds. The van der Waals surface area contributed by atoms with Crippen molar-refractivity contribution in [3.8, 4) is 5.75 Å². The smallest absolute Gasteiger partial charge is 0.119 e. The molecule has 19 heavy (non-hydrogen) atoms. The average molecular weight is 276 g/mol. The molecule has 0 heterocycles. The maximum absolute atomic E-state index is 6.29. The van der Waals surface area contributed by atoms with Crippen molar-refractivity contribution in [2.24, 2.45) is 5.73 Å². The number of hydrogen-bond donors (Lipinski definition) is 1. The molecule has 2 aromatic rings. The molecule has 2 nitrogen and oxygen atoms in total. The third-order valence-corrected chi connectivity index (χ3v) is 3.47. The van der Waals surface area contributed by atoms with Gasteiger partial charge in [-0.2, -0.15) is 0 Å². The van der Waals surface area contributed by atoms with Crippen molar-refractivity contribution in [2.45, 2.75) is 19.4 Å². The van der Waals surface area contributed by atoms with Gasteiger partial charge in [0, 0.05) is 11.1 Å². The van der Waals surface area contributed by atoms with Crippen LogP contribution in [0.1, 0.15) is 22.7 Å². The molecule has 1 atom stereocenters. The third kappa shape index (κ3) is 3.49. The molecule has 0 saturated heterocycles. The van der Waals surface area contributed by atoms with Crippen LogP contribution in [0.2, 0.25) is 5.02 Å². The Morgan fingerprint density at radius 2 is 2.00 bits per heavy atom. The minimum absolute atomic E-state index is 0.0641. The first-order valence-corrected chi connectivity index (χ1v) is 6.62. The second-order valence-corrected chi connectivity index (χ2v) is 5.10. The molecule has 0 saturated carbocycles. The lowest BCUT2D eigenvalue weighted by atomic mass is 9.96. The summed E-state index contributed by atoms with van der Waals surface area (Å²) in [6, 6.07) is 13.8. The quantitative estimate of drug-likeness (QED) is 0.918. The van der Waals surface area contributed by atoms with Crippen molar-refractivity contribution < 1.29 is 4.74 Å². The Morgan fingerprint density at radius 3 is 2.74 bits per heavy atom. The van der Waals surface area contributed by atoms with E-state index in [1.165, 1.54) is 5.56 Å². The number of rotatable bonds is 4. The van der Waals surface area contributed by atoms with Crippen LogP contribution in [0.4, 0.5) is 0 Å². The van der Waals surface area contributed by atoms with Gasteiger partial charge in [0.05, 0.1) is 7.11 Å². The topological polar surface area (TPSA) is 35.2 Å². The summed E-state index contributed by atoms with van der Waals surface area (Å²) in [5, 5.41) is 0.724. The van der Waals surface area contributed by atoms with Gasteiger partial charge in [-0.25, -0.2) is 0 Å². The fraction of sp³-hybridized carbons (Fsp3) is 0.250. The van der Waals surface area contributed by atoms with Crippen LogP contribution in [0.5, 0.6) is 5.75 Å². The van der Waals surface area contributed by atoms with Crippen molar-refractivity contribution in [2.75, 3.05) is 7.11 Å². The Balaban J connectivity index is 2.20. The number of nitrogens with two attached hydrogens (primary N) is 1. The predicted molar refractivity (Wildman–Crippen MR) is 79.8 cm³/mol. The van der Waals surface area contributed by atoms with Gasteiger partial charge in [-0.3, -0.25) is 0 Å². The zero-order chi connectivity index (χ0) is 13.8. The van der Waals surface area contributed by atoms with E-state index in [4.69, 9.17) is 22.1 Å². The zero-order valence-electron chi connectivity index (χ0n) is 11.2. The van der Waals surface area contributed by atoms with Gasteiger partial charge in [-0.1, -0.05) is 29.8 Å².